The molecule has 2 aliphatic rings. The van der Waals surface area contributed by atoms with Crippen molar-refractivity contribution in [1.82, 2.24) is 4.90 Å². The summed E-state index contributed by atoms with van der Waals surface area (Å²) < 4.78 is 0. The van der Waals surface area contributed by atoms with Crippen molar-refractivity contribution >= 4 is 5.91 Å². The highest BCUT2D eigenvalue weighted by Crippen LogP contribution is 2.39. The zero-order chi connectivity index (χ0) is 11.8. The standard InChI is InChI=1S/C15H19NO/c1-11-5-4-10-16-14(8-9-15(16)17)13-7-3-2-6-12(11)13/h2-3,6-7,11,14H,4-5,8-10H2,1H3/t11-,14-/m1/s1. The molecule has 2 atom stereocenters. The Morgan fingerprint density at radius 1 is 1.18 bits per heavy atom. The molecule has 1 amide bonds. The minimum absolute atomic E-state index is 0.347. The lowest BCUT2D eigenvalue weighted by Gasteiger charge is -2.31. The largest absolute Gasteiger partial charge is 0.336 e. The molecule has 1 saturated heterocycles. The molecule has 0 bridgehead atoms. The van der Waals surface area contributed by atoms with Gasteiger partial charge in [-0.1, -0.05) is 31.2 Å². The van der Waals surface area contributed by atoms with Gasteiger partial charge in [-0.25, -0.2) is 0 Å². The molecule has 90 valence electrons. The number of rotatable bonds is 0. The fourth-order valence-corrected chi connectivity index (χ4v) is 3.32. The molecule has 2 nitrogen and oxygen atoms in total. The smallest absolute Gasteiger partial charge is 0.223 e. The van der Waals surface area contributed by atoms with Gasteiger partial charge in [0.25, 0.3) is 0 Å². The van der Waals surface area contributed by atoms with E-state index in [0.717, 1.165) is 25.8 Å². The number of carbonyl (C=O) groups excluding carboxylic acids is 1. The molecule has 2 heteroatoms. The summed E-state index contributed by atoms with van der Waals surface area (Å²) in [5.41, 5.74) is 2.85. The van der Waals surface area contributed by atoms with Crippen LogP contribution in [0.4, 0.5) is 0 Å². The van der Waals surface area contributed by atoms with E-state index in [9.17, 15) is 4.79 Å². The highest BCUT2D eigenvalue weighted by Gasteiger charge is 2.34. The van der Waals surface area contributed by atoms with Gasteiger partial charge in [-0.3, -0.25) is 4.79 Å². The maximum Gasteiger partial charge on any atom is 0.223 e. The molecule has 0 unspecified atom stereocenters. The summed E-state index contributed by atoms with van der Waals surface area (Å²) in [5, 5.41) is 0. The third-order valence-electron chi connectivity index (χ3n) is 4.25. The van der Waals surface area contributed by atoms with Crippen molar-refractivity contribution in [2.45, 2.75) is 44.6 Å². The lowest BCUT2D eigenvalue weighted by Crippen LogP contribution is -2.31. The van der Waals surface area contributed by atoms with E-state index in [1.807, 2.05) is 0 Å². The van der Waals surface area contributed by atoms with Crippen LogP contribution in [0.5, 0.6) is 0 Å². The number of hydrogen-bond acceptors (Lipinski definition) is 1. The molecule has 0 spiro atoms. The topological polar surface area (TPSA) is 20.3 Å². The van der Waals surface area contributed by atoms with Crippen molar-refractivity contribution in [2.24, 2.45) is 0 Å². The number of benzene rings is 1. The monoisotopic (exact) mass is 229 g/mol. The van der Waals surface area contributed by atoms with E-state index in [-0.39, 0.29) is 0 Å². The van der Waals surface area contributed by atoms with Crippen LogP contribution in [0.2, 0.25) is 0 Å². The predicted molar refractivity (Wildman–Crippen MR) is 67.8 cm³/mol. The van der Waals surface area contributed by atoms with Crippen LogP contribution >= 0.6 is 0 Å². The summed E-state index contributed by atoms with van der Waals surface area (Å²) in [7, 11) is 0. The molecule has 0 saturated carbocycles. The average molecular weight is 229 g/mol. The van der Waals surface area contributed by atoms with Crippen LogP contribution in [0.3, 0.4) is 0 Å². The van der Waals surface area contributed by atoms with Crippen molar-refractivity contribution in [3.63, 3.8) is 0 Å². The Balaban J connectivity index is 2.06. The first-order valence-corrected chi connectivity index (χ1v) is 6.65. The lowest BCUT2D eigenvalue weighted by molar-refractivity contribution is -0.129. The predicted octanol–water partition coefficient (Wildman–Crippen LogP) is 3.25. The molecule has 3 rings (SSSR count). The van der Waals surface area contributed by atoms with Gasteiger partial charge in [-0.05, 0) is 36.3 Å². The highest BCUT2D eigenvalue weighted by molar-refractivity contribution is 5.79. The molecular formula is C15H19NO. The van der Waals surface area contributed by atoms with Gasteiger partial charge in [0.1, 0.15) is 0 Å². The Bertz CT molecular complexity index is 440. The molecular weight excluding hydrogens is 210 g/mol. The Kier molecular flexibility index (Phi) is 2.65. The molecule has 2 heterocycles. The molecule has 0 radical (unpaired) electrons. The Labute approximate surface area is 103 Å². The van der Waals surface area contributed by atoms with Crippen LogP contribution < -0.4 is 0 Å². The van der Waals surface area contributed by atoms with Crippen molar-refractivity contribution < 1.29 is 4.79 Å². The van der Waals surface area contributed by atoms with Gasteiger partial charge >= 0.3 is 0 Å². The summed E-state index contributed by atoms with van der Waals surface area (Å²) in [4.78, 5) is 14.0. The van der Waals surface area contributed by atoms with Crippen LogP contribution in [0.25, 0.3) is 0 Å². The van der Waals surface area contributed by atoms with E-state index < -0.39 is 0 Å². The van der Waals surface area contributed by atoms with E-state index in [1.165, 1.54) is 17.5 Å². The van der Waals surface area contributed by atoms with Gasteiger partial charge in [-0.15, -0.1) is 0 Å². The fraction of sp³-hybridized carbons (Fsp3) is 0.533. The fourth-order valence-electron chi connectivity index (χ4n) is 3.32. The van der Waals surface area contributed by atoms with E-state index in [2.05, 4.69) is 36.1 Å². The second-order valence-electron chi connectivity index (χ2n) is 5.31. The Morgan fingerprint density at radius 2 is 1.94 bits per heavy atom. The zero-order valence-corrected chi connectivity index (χ0v) is 10.4. The maximum absolute atomic E-state index is 11.9. The molecule has 1 aromatic carbocycles. The van der Waals surface area contributed by atoms with Crippen molar-refractivity contribution in [3.05, 3.63) is 35.4 Å². The molecule has 0 aliphatic carbocycles. The first kappa shape index (κ1) is 10.8. The second kappa shape index (κ2) is 4.17. The first-order valence-electron chi connectivity index (χ1n) is 6.65. The summed E-state index contributed by atoms with van der Waals surface area (Å²) in [5.74, 6) is 0.975. The maximum atomic E-state index is 11.9. The number of nitrogens with zero attached hydrogens (tertiary/aromatic N) is 1. The molecule has 1 fully saturated rings. The van der Waals surface area contributed by atoms with Crippen LogP contribution in [-0.2, 0) is 4.79 Å². The van der Waals surface area contributed by atoms with Gasteiger partial charge in [0.05, 0.1) is 6.04 Å². The molecule has 17 heavy (non-hydrogen) atoms. The summed E-state index contributed by atoms with van der Waals surface area (Å²) in [6, 6.07) is 9.03. The normalized spacial score (nSPS) is 28.3. The Hall–Kier alpha value is -1.31. The van der Waals surface area contributed by atoms with Crippen LogP contribution in [-0.4, -0.2) is 17.4 Å². The average Bonchev–Trinajstić information content (AvgIpc) is 2.69. The van der Waals surface area contributed by atoms with Gasteiger partial charge in [0.15, 0.2) is 0 Å². The Morgan fingerprint density at radius 3 is 2.76 bits per heavy atom. The van der Waals surface area contributed by atoms with Crippen molar-refractivity contribution in [2.75, 3.05) is 6.54 Å². The number of amides is 1. The highest BCUT2D eigenvalue weighted by atomic mass is 16.2. The minimum Gasteiger partial charge on any atom is -0.336 e. The molecule has 0 aromatic heterocycles. The van der Waals surface area contributed by atoms with Crippen molar-refractivity contribution in [1.29, 1.82) is 0 Å². The van der Waals surface area contributed by atoms with Crippen LogP contribution in [0.15, 0.2) is 24.3 Å². The third kappa shape index (κ3) is 1.76. The SMILES string of the molecule is C[C@@H]1CCCN2C(=O)CC[C@@H]2c2ccccc21. The number of carbonyl (C=O) groups is 1. The van der Waals surface area contributed by atoms with Crippen LogP contribution in [0, 0.1) is 0 Å². The molecule has 1 aromatic rings. The van der Waals surface area contributed by atoms with E-state index >= 15 is 0 Å². The third-order valence-corrected chi connectivity index (χ3v) is 4.25. The number of fused-ring (bicyclic) bond motifs is 3. The second-order valence-corrected chi connectivity index (χ2v) is 5.31. The van der Waals surface area contributed by atoms with Gasteiger partial charge in [0, 0.05) is 13.0 Å². The summed E-state index contributed by atoms with van der Waals surface area (Å²) in [6.45, 7) is 3.26. The van der Waals surface area contributed by atoms with E-state index in [1.54, 1.807) is 0 Å². The number of hydrogen-bond donors (Lipinski definition) is 0. The quantitative estimate of drug-likeness (QED) is 0.668. The minimum atomic E-state index is 0.347. The van der Waals surface area contributed by atoms with Crippen LogP contribution in [0.1, 0.15) is 55.7 Å². The molecule has 0 N–H and O–H groups in total. The summed E-state index contributed by atoms with van der Waals surface area (Å²) in [6.07, 6.45) is 4.06. The molecule has 2 aliphatic heterocycles. The van der Waals surface area contributed by atoms with Gasteiger partial charge < -0.3 is 4.90 Å². The van der Waals surface area contributed by atoms with Crippen molar-refractivity contribution in [3.8, 4) is 0 Å². The van der Waals surface area contributed by atoms with E-state index in [0.29, 0.717) is 17.9 Å². The first-order chi connectivity index (χ1) is 8.27. The summed E-state index contributed by atoms with van der Waals surface area (Å²) >= 11 is 0. The lowest BCUT2D eigenvalue weighted by atomic mass is 9.86. The van der Waals surface area contributed by atoms with Gasteiger partial charge in [0.2, 0.25) is 5.91 Å². The zero-order valence-electron chi connectivity index (χ0n) is 10.4. The van der Waals surface area contributed by atoms with E-state index in [4.69, 9.17) is 0 Å². The van der Waals surface area contributed by atoms with Gasteiger partial charge in [-0.2, -0.15) is 0 Å².